The Labute approximate surface area is 194 Å². The zero-order valence-electron chi connectivity index (χ0n) is 18.4. The molecule has 10 nitrogen and oxygen atoms in total. The van der Waals surface area contributed by atoms with E-state index in [4.69, 9.17) is 9.84 Å². The van der Waals surface area contributed by atoms with Crippen LogP contribution in [0, 0.1) is 19.7 Å². The highest BCUT2D eigenvalue weighted by molar-refractivity contribution is 7.91. The van der Waals surface area contributed by atoms with Gasteiger partial charge >= 0.3 is 11.9 Å². The average molecular weight is 488 g/mol. The number of hydrogen-bond acceptors (Lipinski definition) is 8. The Hall–Kier alpha value is -3.90. The largest absolute Gasteiger partial charge is 0.478 e. The minimum absolute atomic E-state index is 0.0564. The maximum absolute atomic E-state index is 15.0. The molecule has 2 aromatic heterocycles. The number of carboxylic acid groups (broad SMARTS) is 1. The number of hydrogen-bond donors (Lipinski definition) is 2. The third-order valence-electron chi connectivity index (χ3n) is 4.69. The van der Waals surface area contributed by atoms with Crippen molar-refractivity contribution in [3.8, 4) is 5.69 Å². The Bertz CT molecular complexity index is 1370. The molecule has 0 saturated heterocycles. The van der Waals surface area contributed by atoms with Crippen LogP contribution in [-0.2, 0) is 24.2 Å². The van der Waals surface area contributed by atoms with E-state index in [9.17, 15) is 22.4 Å². The number of carboxylic acids is 1. The van der Waals surface area contributed by atoms with Crippen molar-refractivity contribution in [1.29, 1.82) is 0 Å². The van der Waals surface area contributed by atoms with Gasteiger partial charge in [0.25, 0.3) is 0 Å². The molecule has 1 unspecified atom stereocenters. The van der Waals surface area contributed by atoms with E-state index in [0.717, 1.165) is 10.7 Å². The molecule has 0 bridgehead atoms. The summed E-state index contributed by atoms with van der Waals surface area (Å²) in [4.78, 5) is 26.5. The number of aliphatic carboxylic acids is 1. The van der Waals surface area contributed by atoms with Crippen molar-refractivity contribution in [1.82, 2.24) is 20.1 Å². The smallest absolute Gasteiger partial charge is 0.332 e. The van der Waals surface area contributed by atoms with Crippen molar-refractivity contribution in [3.63, 3.8) is 0 Å². The topological polar surface area (TPSA) is 140 Å². The Morgan fingerprint density at radius 2 is 1.94 bits per heavy atom. The molecule has 0 aliphatic carbocycles. The van der Waals surface area contributed by atoms with Gasteiger partial charge in [0.15, 0.2) is 17.1 Å². The number of nitrogens with one attached hydrogen (secondary N) is 1. The van der Waals surface area contributed by atoms with E-state index >= 15 is 0 Å². The van der Waals surface area contributed by atoms with Crippen LogP contribution < -0.4 is 5.32 Å². The SMILES string of the molecule is CNC(OC(=O)/C=C/C(=O)O)c1cc(S(=O)(=O)c2ccc(C)nc2)n(-c2cccc(C)c2F)n1. The van der Waals surface area contributed by atoms with Crippen LogP contribution in [0.4, 0.5) is 4.39 Å². The lowest BCUT2D eigenvalue weighted by molar-refractivity contribution is -0.145. The van der Waals surface area contributed by atoms with E-state index in [1.807, 2.05) is 0 Å². The molecule has 1 aromatic carbocycles. The Kier molecular flexibility index (Phi) is 7.23. The molecule has 0 saturated carbocycles. The molecular weight excluding hydrogens is 467 g/mol. The number of esters is 1. The van der Waals surface area contributed by atoms with Gasteiger partial charge in [-0.25, -0.2) is 27.1 Å². The molecule has 34 heavy (non-hydrogen) atoms. The van der Waals surface area contributed by atoms with E-state index in [0.29, 0.717) is 17.8 Å². The highest BCUT2D eigenvalue weighted by Gasteiger charge is 2.29. The van der Waals surface area contributed by atoms with Gasteiger partial charge in [0.1, 0.15) is 11.4 Å². The number of aryl methyl sites for hydroxylation is 2. The third-order valence-corrected chi connectivity index (χ3v) is 6.40. The van der Waals surface area contributed by atoms with Crippen molar-refractivity contribution in [2.75, 3.05) is 7.05 Å². The highest BCUT2D eigenvalue weighted by Crippen LogP contribution is 2.28. The summed E-state index contributed by atoms with van der Waals surface area (Å²) in [6, 6.07) is 8.47. The standard InChI is InChI=1S/C22H21FN4O6S/c1-13-5-4-6-17(21(13)23)27-18(34(31,32)15-8-7-14(2)25-12-15)11-16(26-27)22(24-3)33-20(30)10-9-19(28)29/h4-12,22,24H,1-3H3,(H,28,29)/b10-9+. The van der Waals surface area contributed by atoms with Crippen molar-refractivity contribution < 1.29 is 32.2 Å². The third kappa shape index (κ3) is 5.18. The molecule has 2 N–H and O–H groups in total. The maximum atomic E-state index is 15.0. The minimum atomic E-state index is -4.22. The van der Waals surface area contributed by atoms with Gasteiger partial charge in [-0.1, -0.05) is 12.1 Å². The summed E-state index contributed by atoms with van der Waals surface area (Å²) >= 11 is 0. The summed E-state index contributed by atoms with van der Waals surface area (Å²) in [5, 5.41) is 15.1. The summed E-state index contributed by atoms with van der Waals surface area (Å²) < 4.78 is 47.9. The molecule has 0 aliphatic heterocycles. The molecule has 0 aliphatic rings. The molecule has 12 heteroatoms. The van der Waals surface area contributed by atoms with Crippen molar-refractivity contribution >= 4 is 21.8 Å². The number of aromatic nitrogens is 3. The second kappa shape index (κ2) is 9.93. The highest BCUT2D eigenvalue weighted by atomic mass is 32.2. The van der Waals surface area contributed by atoms with Crippen molar-refractivity contribution in [2.24, 2.45) is 0 Å². The monoisotopic (exact) mass is 488 g/mol. The van der Waals surface area contributed by atoms with Crippen LogP contribution >= 0.6 is 0 Å². The van der Waals surface area contributed by atoms with E-state index in [1.165, 1.54) is 44.4 Å². The van der Waals surface area contributed by atoms with Crippen molar-refractivity contribution in [2.45, 2.75) is 30.0 Å². The molecule has 0 amide bonds. The molecule has 3 aromatic rings. The number of halogens is 1. The zero-order valence-corrected chi connectivity index (χ0v) is 19.2. The van der Waals surface area contributed by atoms with Gasteiger partial charge < -0.3 is 9.84 Å². The van der Waals surface area contributed by atoms with Gasteiger partial charge in [-0.05, 0) is 44.7 Å². The molecule has 2 heterocycles. The minimum Gasteiger partial charge on any atom is -0.478 e. The lowest BCUT2D eigenvalue weighted by Gasteiger charge is -2.13. The maximum Gasteiger partial charge on any atom is 0.332 e. The predicted octanol–water partition coefficient (Wildman–Crippen LogP) is 2.26. The van der Waals surface area contributed by atoms with Crippen LogP contribution in [0.2, 0.25) is 0 Å². The molecule has 178 valence electrons. The number of carbonyl (C=O) groups is 2. The van der Waals surface area contributed by atoms with E-state index in [-0.39, 0.29) is 26.9 Å². The van der Waals surface area contributed by atoms with Crippen LogP contribution in [0.3, 0.4) is 0 Å². The van der Waals surface area contributed by atoms with Crippen LogP contribution in [0.25, 0.3) is 5.69 Å². The van der Waals surface area contributed by atoms with Crippen LogP contribution in [0.15, 0.2) is 64.7 Å². The first-order valence-corrected chi connectivity index (χ1v) is 11.3. The molecule has 1 atom stereocenters. The first-order valence-electron chi connectivity index (χ1n) is 9.86. The van der Waals surface area contributed by atoms with Gasteiger partial charge in [0.05, 0.1) is 4.90 Å². The fourth-order valence-corrected chi connectivity index (χ4v) is 4.29. The van der Waals surface area contributed by atoms with Crippen LogP contribution in [0.5, 0.6) is 0 Å². The quantitative estimate of drug-likeness (QED) is 0.277. The number of ether oxygens (including phenoxy) is 1. The summed E-state index contributed by atoms with van der Waals surface area (Å²) in [5.41, 5.74) is 0.690. The summed E-state index contributed by atoms with van der Waals surface area (Å²) in [6.07, 6.45) is 1.21. The lowest BCUT2D eigenvalue weighted by atomic mass is 10.2. The summed E-state index contributed by atoms with van der Waals surface area (Å²) in [7, 11) is -2.80. The normalized spacial score (nSPS) is 12.6. The summed E-state index contributed by atoms with van der Waals surface area (Å²) in [5.74, 6) is -3.04. The van der Waals surface area contributed by atoms with Gasteiger partial charge in [0, 0.05) is 30.1 Å². The fourth-order valence-electron chi connectivity index (χ4n) is 2.96. The number of pyridine rings is 1. The molecule has 0 radical (unpaired) electrons. The molecule has 0 spiro atoms. The number of benzene rings is 1. The van der Waals surface area contributed by atoms with E-state index in [2.05, 4.69) is 15.4 Å². The zero-order chi connectivity index (χ0) is 25.0. The Balaban J connectivity index is 2.16. The van der Waals surface area contributed by atoms with Crippen LogP contribution in [0.1, 0.15) is 23.2 Å². The lowest BCUT2D eigenvalue weighted by Crippen LogP contribution is -2.23. The second-order valence-corrected chi connectivity index (χ2v) is 9.04. The molecule has 3 rings (SSSR count). The Morgan fingerprint density at radius 1 is 1.21 bits per heavy atom. The van der Waals surface area contributed by atoms with Gasteiger partial charge in [-0.3, -0.25) is 10.3 Å². The van der Waals surface area contributed by atoms with E-state index in [1.54, 1.807) is 13.0 Å². The average Bonchev–Trinajstić information content (AvgIpc) is 3.24. The Morgan fingerprint density at radius 3 is 2.56 bits per heavy atom. The first-order chi connectivity index (χ1) is 16.0. The fraction of sp³-hybridized carbons (Fsp3) is 0.182. The second-order valence-electron chi connectivity index (χ2n) is 7.14. The van der Waals surface area contributed by atoms with Gasteiger partial charge in [0.2, 0.25) is 9.84 Å². The predicted molar refractivity (Wildman–Crippen MR) is 117 cm³/mol. The number of rotatable bonds is 8. The van der Waals surface area contributed by atoms with Crippen molar-refractivity contribution in [3.05, 3.63) is 77.5 Å². The number of carbonyl (C=O) groups excluding carboxylic acids is 1. The van der Waals surface area contributed by atoms with E-state index < -0.39 is 33.8 Å². The summed E-state index contributed by atoms with van der Waals surface area (Å²) in [6.45, 7) is 3.22. The first kappa shape index (κ1) is 24.7. The van der Waals surface area contributed by atoms with Gasteiger partial charge in [-0.2, -0.15) is 5.10 Å². The number of nitrogens with zero attached hydrogens (tertiary/aromatic N) is 3. The molecular formula is C22H21FN4O6S. The van der Waals surface area contributed by atoms with Crippen LogP contribution in [-0.4, -0.2) is 47.3 Å². The van der Waals surface area contributed by atoms with Gasteiger partial charge in [-0.15, -0.1) is 0 Å². The number of sulfone groups is 1. The molecule has 0 fully saturated rings.